The number of benzene rings is 1. The molecular weight excluding hydrogens is 222 g/mol. The van der Waals surface area contributed by atoms with Crippen LogP contribution in [0.15, 0.2) is 24.3 Å². The van der Waals surface area contributed by atoms with Crippen LogP contribution in [0.4, 0.5) is 5.69 Å². The van der Waals surface area contributed by atoms with E-state index in [0.29, 0.717) is 0 Å². The van der Waals surface area contributed by atoms with Crippen LogP contribution in [0.5, 0.6) is 0 Å². The molecule has 18 heavy (non-hydrogen) atoms. The van der Waals surface area contributed by atoms with Gasteiger partial charge in [0.05, 0.1) is 0 Å². The quantitative estimate of drug-likeness (QED) is 0.828. The third-order valence-corrected chi connectivity index (χ3v) is 4.14. The average Bonchev–Trinajstić information content (AvgIpc) is 2.63. The minimum Gasteiger partial charge on any atom is -0.370 e. The molecule has 2 aliphatic heterocycles. The minimum atomic E-state index is 0.859. The molecule has 1 aromatic rings. The molecule has 1 aromatic carbocycles. The maximum absolute atomic E-state index is 3.52. The molecular formula is C15H23N3. The van der Waals surface area contributed by atoms with Gasteiger partial charge in [-0.2, -0.15) is 0 Å². The lowest BCUT2D eigenvalue weighted by atomic mass is 9.97. The zero-order valence-corrected chi connectivity index (χ0v) is 11.0. The van der Waals surface area contributed by atoms with Gasteiger partial charge in [-0.05, 0) is 43.5 Å². The van der Waals surface area contributed by atoms with Crippen LogP contribution in [-0.4, -0.2) is 32.7 Å². The van der Waals surface area contributed by atoms with Crippen molar-refractivity contribution >= 4 is 5.69 Å². The topological polar surface area (TPSA) is 27.3 Å². The Morgan fingerprint density at radius 2 is 1.89 bits per heavy atom. The molecule has 0 atom stereocenters. The van der Waals surface area contributed by atoms with Gasteiger partial charge in [0.15, 0.2) is 0 Å². The van der Waals surface area contributed by atoms with Crippen molar-refractivity contribution < 1.29 is 0 Å². The number of nitrogens with one attached hydrogen (secondary N) is 2. The van der Waals surface area contributed by atoms with Crippen LogP contribution in [0.25, 0.3) is 0 Å². The second kappa shape index (κ2) is 5.72. The highest BCUT2D eigenvalue weighted by molar-refractivity contribution is 5.54. The molecule has 2 aliphatic rings. The number of fused-ring (bicyclic) bond motifs is 1. The van der Waals surface area contributed by atoms with Crippen LogP contribution < -0.4 is 15.5 Å². The third-order valence-electron chi connectivity index (χ3n) is 4.14. The van der Waals surface area contributed by atoms with E-state index < -0.39 is 0 Å². The second-order valence-electron chi connectivity index (χ2n) is 5.44. The Labute approximate surface area is 110 Å². The molecule has 2 heterocycles. The van der Waals surface area contributed by atoms with E-state index in [-0.39, 0.29) is 0 Å². The van der Waals surface area contributed by atoms with Gasteiger partial charge in [0.2, 0.25) is 0 Å². The van der Waals surface area contributed by atoms with Gasteiger partial charge in [-0.3, -0.25) is 0 Å². The molecule has 3 heteroatoms. The van der Waals surface area contributed by atoms with Gasteiger partial charge >= 0.3 is 0 Å². The van der Waals surface area contributed by atoms with Gasteiger partial charge < -0.3 is 15.5 Å². The number of anilines is 1. The van der Waals surface area contributed by atoms with E-state index >= 15 is 0 Å². The molecule has 98 valence electrons. The Morgan fingerprint density at radius 3 is 2.78 bits per heavy atom. The molecule has 0 saturated carbocycles. The molecule has 2 N–H and O–H groups in total. The van der Waals surface area contributed by atoms with Crippen molar-refractivity contribution in [2.45, 2.75) is 19.4 Å². The highest BCUT2D eigenvalue weighted by Crippen LogP contribution is 2.24. The zero-order chi connectivity index (χ0) is 12.2. The molecule has 0 unspecified atom stereocenters. The highest BCUT2D eigenvalue weighted by atomic mass is 15.2. The molecule has 3 nitrogen and oxygen atoms in total. The summed E-state index contributed by atoms with van der Waals surface area (Å²) in [5.41, 5.74) is 2.89. The lowest BCUT2D eigenvalue weighted by molar-refractivity contribution is 0.374. The number of piperidine rings is 1. The number of hydrogen-bond donors (Lipinski definition) is 2. The van der Waals surface area contributed by atoms with Crippen molar-refractivity contribution in [3.8, 4) is 0 Å². The van der Waals surface area contributed by atoms with E-state index in [9.17, 15) is 0 Å². The van der Waals surface area contributed by atoms with Crippen molar-refractivity contribution in [3.05, 3.63) is 29.8 Å². The average molecular weight is 245 g/mol. The molecule has 0 spiro atoms. The lowest BCUT2D eigenvalue weighted by Gasteiger charge is -2.31. The van der Waals surface area contributed by atoms with Crippen LogP contribution in [0.3, 0.4) is 0 Å². The van der Waals surface area contributed by atoms with Crippen LogP contribution in [0, 0.1) is 5.92 Å². The summed E-state index contributed by atoms with van der Waals surface area (Å²) < 4.78 is 0. The van der Waals surface area contributed by atoms with Gasteiger partial charge in [-0.1, -0.05) is 18.2 Å². The molecule has 0 bridgehead atoms. The van der Waals surface area contributed by atoms with E-state index in [0.717, 1.165) is 25.6 Å². The van der Waals surface area contributed by atoms with Crippen molar-refractivity contribution in [1.29, 1.82) is 0 Å². The fourth-order valence-corrected chi connectivity index (χ4v) is 3.09. The Kier molecular flexibility index (Phi) is 3.81. The zero-order valence-electron chi connectivity index (χ0n) is 11.0. The van der Waals surface area contributed by atoms with E-state index in [2.05, 4.69) is 39.8 Å². The first-order chi connectivity index (χ1) is 8.93. The largest absolute Gasteiger partial charge is 0.370 e. The molecule has 0 radical (unpaired) electrons. The monoisotopic (exact) mass is 245 g/mol. The van der Waals surface area contributed by atoms with E-state index in [1.165, 1.54) is 43.7 Å². The Bertz CT molecular complexity index is 385. The van der Waals surface area contributed by atoms with Gasteiger partial charge in [0.25, 0.3) is 0 Å². The van der Waals surface area contributed by atoms with Crippen molar-refractivity contribution in [3.63, 3.8) is 0 Å². The Balaban J connectivity index is 1.74. The fourth-order valence-electron chi connectivity index (χ4n) is 3.09. The fraction of sp³-hybridized carbons (Fsp3) is 0.600. The summed E-state index contributed by atoms with van der Waals surface area (Å²) in [4.78, 5) is 2.59. The summed E-state index contributed by atoms with van der Waals surface area (Å²) in [6.45, 7) is 6.86. The first kappa shape index (κ1) is 12.0. The molecule has 0 aliphatic carbocycles. The first-order valence-electron chi connectivity index (χ1n) is 7.18. The van der Waals surface area contributed by atoms with E-state index in [4.69, 9.17) is 0 Å². The van der Waals surface area contributed by atoms with Crippen molar-refractivity contribution in [2.75, 3.05) is 37.6 Å². The molecule has 1 fully saturated rings. The first-order valence-corrected chi connectivity index (χ1v) is 7.18. The van der Waals surface area contributed by atoms with Crippen LogP contribution >= 0.6 is 0 Å². The summed E-state index contributed by atoms with van der Waals surface area (Å²) >= 11 is 0. The van der Waals surface area contributed by atoms with Gasteiger partial charge in [0.1, 0.15) is 0 Å². The van der Waals surface area contributed by atoms with Crippen LogP contribution in [0.1, 0.15) is 18.4 Å². The SMILES string of the molecule is c1ccc2c(c1)CNCCN2CC1CCNCC1. The normalized spacial score (nSPS) is 21.4. The minimum absolute atomic E-state index is 0.859. The number of rotatable bonds is 2. The number of para-hydroxylation sites is 1. The molecule has 0 aromatic heterocycles. The standard InChI is InChI=1S/C15H23N3/c1-2-4-15-14(3-1)11-17-9-10-18(15)12-13-5-7-16-8-6-13/h1-4,13,16-17H,5-12H2. The van der Waals surface area contributed by atoms with Gasteiger partial charge in [0, 0.05) is 31.9 Å². The molecule has 1 saturated heterocycles. The van der Waals surface area contributed by atoms with Crippen LogP contribution in [0.2, 0.25) is 0 Å². The van der Waals surface area contributed by atoms with E-state index in [1.54, 1.807) is 0 Å². The Hall–Kier alpha value is -1.06. The number of nitrogens with zero attached hydrogens (tertiary/aromatic N) is 1. The second-order valence-corrected chi connectivity index (χ2v) is 5.44. The summed E-state index contributed by atoms with van der Waals surface area (Å²) in [7, 11) is 0. The maximum Gasteiger partial charge on any atom is 0.0412 e. The lowest BCUT2D eigenvalue weighted by Crippen LogP contribution is -2.38. The predicted octanol–water partition coefficient (Wildman–Crippen LogP) is 1.60. The number of hydrogen-bond acceptors (Lipinski definition) is 3. The smallest absolute Gasteiger partial charge is 0.0412 e. The molecule has 3 rings (SSSR count). The van der Waals surface area contributed by atoms with E-state index in [1.807, 2.05) is 0 Å². The summed E-state index contributed by atoms with van der Waals surface area (Å²) in [5, 5.41) is 6.97. The summed E-state index contributed by atoms with van der Waals surface area (Å²) in [6.07, 6.45) is 2.65. The van der Waals surface area contributed by atoms with Crippen molar-refractivity contribution in [2.24, 2.45) is 5.92 Å². The summed E-state index contributed by atoms with van der Waals surface area (Å²) in [6, 6.07) is 8.85. The maximum atomic E-state index is 3.52. The highest BCUT2D eigenvalue weighted by Gasteiger charge is 2.20. The molecule has 0 amide bonds. The Morgan fingerprint density at radius 1 is 1.06 bits per heavy atom. The third kappa shape index (κ3) is 2.68. The van der Waals surface area contributed by atoms with Crippen LogP contribution in [-0.2, 0) is 6.54 Å². The van der Waals surface area contributed by atoms with Crippen molar-refractivity contribution in [1.82, 2.24) is 10.6 Å². The van der Waals surface area contributed by atoms with Gasteiger partial charge in [-0.25, -0.2) is 0 Å². The predicted molar refractivity (Wildman–Crippen MR) is 76.0 cm³/mol. The van der Waals surface area contributed by atoms with Gasteiger partial charge in [-0.15, -0.1) is 0 Å². The summed E-state index contributed by atoms with van der Waals surface area (Å²) in [5.74, 6) is 0.859.